The highest BCUT2D eigenvalue weighted by molar-refractivity contribution is 9.09. The van der Waals surface area contributed by atoms with E-state index in [1.807, 2.05) is 6.92 Å². The Labute approximate surface area is 95.6 Å². The molecule has 0 bridgehead atoms. The molecular formula is C9H15BrF3NO. The summed E-state index contributed by atoms with van der Waals surface area (Å²) >= 11 is 2.64. The first kappa shape index (κ1) is 13.3. The molecule has 0 radical (unpaired) electrons. The number of halogens is 4. The minimum atomic E-state index is -4.20. The maximum Gasteiger partial charge on any atom is 0.402 e. The molecule has 0 saturated carbocycles. The Balaban J connectivity index is 2.40. The van der Waals surface area contributed by atoms with Gasteiger partial charge in [0.1, 0.15) is 4.83 Å². The van der Waals surface area contributed by atoms with Crippen LogP contribution in [-0.4, -0.2) is 46.7 Å². The summed E-state index contributed by atoms with van der Waals surface area (Å²) in [4.78, 5) is 0.261. The molecule has 0 aliphatic carbocycles. The van der Waals surface area contributed by atoms with Crippen LogP contribution in [0.2, 0.25) is 0 Å². The van der Waals surface area contributed by atoms with E-state index in [0.717, 1.165) is 0 Å². The molecule has 3 atom stereocenters. The summed E-state index contributed by atoms with van der Waals surface area (Å²) in [6, 6.07) is 0. The number of aliphatic hydroxyl groups is 1. The van der Waals surface area contributed by atoms with E-state index in [4.69, 9.17) is 0 Å². The normalized spacial score (nSPS) is 31.6. The fraction of sp³-hybridized carbons (Fsp3) is 1.00. The molecule has 0 spiro atoms. The smallest absolute Gasteiger partial charge is 0.393 e. The van der Waals surface area contributed by atoms with E-state index in [9.17, 15) is 18.3 Å². The first-order chi connectivity index (χ1) is 6.80. The number of hydrogen-bond acceptors (Lipinski definition) is 2. The monoisotopic (exact) mass is 289 g/mol. The van der Waals surface area contributed by atoms with E-state index in [1.54, 1.807) is 4.90 Å². The zero-order valence-electron chi connectivity index (χ0n) is 8.47. The van der Waals surface area contributed by atoms with Crippen LogP contribution in [0.5, 0.6) is 0 Å². The van der Waals surface area contributed by atoms with Gasteiger partial charge in [0.05, 0.1) is 6.10 Å². The van der Waals surface area contributed by atoms with Gasteiger partial charge in [-0.05, 0) is 12.3 Å². The molecule has 3 unspecified atom stereocenters. The van der Waals surface area contributed by atoms with E-state index in [2.05, 4.69) is 15.9 Å². The fourth-order valence-corrected chi connectivity index (χ4v) is 2.13. The number of piperidine rings is 1. The van der Waals surface area contributed by atoms with Crippen LogP contribution in [0.15, 0.2) is 0 Å². The second-order valence-electron chi connectivity index (χ2n) is 4.10. The second-order valence-corrected chi connectivity index (χ2v) is 5.21. The van der Waals surface area contributed by atoms with Crippen LogP contribution in [0.1, 0.15) is 13.3 Å². The number of hydrogen-bond donors (Lipinski definition) is 1. The first-order valence-corrected chi connectivity index (χ1v) is 5.83. The summed E-state index contributed by atoms with van der Waals surface area (Å²) in [6.07, 6.45) is -4.01. The Bertz CT molecular complexity index is 212. The van der Waals surface area contributed by atoms with Crippen molar-refractivity contribution < 1.29 is 18.3 Å². The number of likely N-dealkylation sites (tertiary alicyclic amines) is 1. The van der Waals surface area contributed by atoms with Gasteiger partial charge in [-0.1, -0.05) is 22.9 Å². The molecule has 1 saturated heterocycles. The van der Waals surface area contributed by atoms with Crippen molar-refractivity contribution in [1.82, 2.24) is 4.90 Å². The Morgan fingerprint density at radius 3 is 2.60 bits per heavy atom. The van der Waals surface area contributed by atoms with Crippen LogP contribution < -0.4 is 0 Å². The quantitative estimate of drug-likeness (QED) is 0.786. The van der Waals surface area contributed by atoms with Gasteiger partial charge < -0.3 is 10.0 Å². The number of rotatable bonds is 2. The van der Waals surface area contributed by atoms with Crippen LogP contribution in [0.4, 0.5) is 13.2 Å². The van der Waals surface area contributed by atoms with Gasteiger partial charge in [0.15, 0.2) is 0 Å². The predicted octanol–water partition coefficient (Wildman–Crippen LogP) is 2.01. The molecule has 15 heavy (non-hydrogen) atoms. The topological polar surface area (TPSA) is 23.5 Å². The van der Waals surface area contributed by atoms with E-state index in [0.29, 0.717) is 19.5 Å². The lowest BCUT2D eigenvalue weighted by Gasteiger charge is -2.35. The molecule has 0 aromatic carbocycles. The molecule has 1 N–H and O–H groups in total. The van der Waals surface area contributed by atoms with E-state index in [-0.39, 0.29) is 18.6 Å². The third-order valence-corrected chi connectivity index (χ3v) is 3.53. The molecule has 1 heterocycles. The molecule has 90 valence electrons. The van der Waals surface area contributed by atoms with Gasteiger partial charge in [0.25, 0.3) is 0 Å². The van der Waals surface area contributed by atoms with Crippen LogP contribution in [0.3, 0.4) is 0 Å². The van der Waals surface area contributed by atoms with Gasteiger partial charge >= 0.3 is 6.18 Å². The van der Waals surface area contributed by atoms with Crippen molar-refractivity contribution in [2.45, 2.75) is 30.5 Å². The van der Waals surface area contributed by atoms with Crippen LogP contribution in [-0.2, 0) is 0 Å². The van der Waals surface area contributed by atoms with Gasteiger partial charge in [-0.3, -0.25) is 0 Å². The first-order valence-electron chi connectivity index (χ1n) is 4.92. The van der Waals surface area contributed by atoms with Crippen molar-refractivity contribution >= 4 is 15.9 Å². The molecule has 0 amide bonds. The molecule has 1 aliphatic heterocycles. The standard InChI is InChI=1S/C9H15BrF3NO/c1-6-4-14(3-2-7(6)15)5-8(10)9(11,12)13/h6-8,15H,2-5H2,1H3. The molecule has 0 aromatic rings. The molecule has 2 nitrogen and oxygen atoms in total. The Morgan fingerprint density at radius 2 is 2.13 bits per heavy atom. The largest absolute Gasteiger partial charge is 0.402 e. The van der Waals surface area contributed by atoms with Crippen LogP contribution >= 0.6 is 15.9 Å². The van der Waals surface area contributed by atoms with E-state index >= 15 is 0 Å². The van der Waals surface area contributed by atoms with Crippen molar-refractivity contribution in [2.75, 3.05) is 19.6 Å². The van der Waals surface area contributed by atoms with E-state index in [1.165, 1.54) is 0 Å². The third kappa shape index (κ3) is 3.92. The van der Waals surface area contributed by atoms with Gasteiger partial charge in [0.2, 0.25) is 0 Å². The van der Waals surface area contributed by atoms with Gasteiger partial charge in [-0.25, -0.2) is 0 Å². The summed E-state index contributed by atoms with van der Waals surface area (Å²) in [6.45, 7) is 2.87. The number of nitrogens with zero attached hydrogens (tertiary/aromatic N) is 1. The summed E-state index contributed by atoms with van der Waals surface area (Å²) in [5.74, 6) is 0.0479. The maximum atomic E-state index is 12.3. The fourth-order valence-electron chi connectivity index (χ4n) is 1.72. The molecular weight excluding hydrogens is 275 g/mol. The highest BCUT2D eigenvalue weighted by atomic mass is 79.9. The summed E-state index contributed by atoms with van der Waals surface area (Å²) in [5, 5.41) is 9.43. The SMILES string of the molecule is CC1CN(CC(Br)C(F)(F)F)CCC1O. The predicted molar refractivity (Wildman–Crippen MR) is 55.0 cm³/mol. The Hall–Kier alpha value is 0.190. The van der Waals surface area contributed by atoms with Crippen molar-refractivity contribution in [3.05, 3.63) is 0 Å². The van der Waals surface area contributed by atoms with Gasteiger partial charge in [0, 0.05) is 19.6 Å². The van der Waals surface area contributed by atoms with Crippen molar-refractivity contribution in [3.63, 3.8) is 0 Å². The number of aliphatic hydroxyl groups excluding tert-OH is 1. The maximum absolute atomic E-state index is 12.3. The van der Waals surface area contributed by atoms with Crippen molar-refractivity contribution in [3.8, 4) is 0 Å². The minimum absolute atomic E-state index is 0.0411. The molecule has 1 rings (SSSR count). The second kappa shape index (κ2) is 5.01. The zero-order chi connectivity index (χ0) is 11.6. The Morgan fingerprint density at radius 1 is 1.53 bits per heavy atom. The molecule has 1 fully saturated rings. The average molecular weight is 290 g/mol. The minimum Gasteiger partial charge on any atom is -0.393 e. The summed E-state index contributed by atoms with van der Waals surface area (Å²) in [7, 11) is 0. The summed E-state index contributed by atoms with van der Waals surface area (Å²) < 4.78 is 36.8. The van der Waals surface area contributed by atoms with Crippen LogP contribution in [0.25, 0.3) is 0 Å². The van der Waals surface area contributed by atoms with Gasteiger partial charge in [-0.2, -0.15) is 13.2 Å². The third-order valence-electron chi connectivity index (χ3n) is 2.72. The molecule has 1 aliphatic rings. The lowest BCUT2D eigenvalue weighted by molar-refractivity contribution is -0.132. The lowest BCUT2D eigenvalue weighted by atomic mass is 9.97. The zero-order valence-corrected chi connectivity index (χ0v) is 10.1. The van der Waals surface area contributed by atoms with Crippen molar-refractivity contribution in [1.29, 1.82) is 0 Å². The average Bonchev–Trinajstić information content (AvgIpc) is 2.10. The lowest BCUT2D eigenvalue weighted by Crippen LogP contribution is -2.46. The number of alkyl halides is 4. The molecule has 6 heteroatoms. The molecule has 0 aromatic heterocycles. The van der Waals surface area contributed by atoms with E-state index < -0.39 is 11.0 Å². The highest BCUT2D eigenvalue weighted by Crippen LogP contribution is 2.28. The van der Waals surface area contributed by atoms with Gasteiger partial charge in [-0.15, -0.1) is 0 Å². The van der Waals surface area contributed by atoms with Crippen molar-refractivity contribution in [2.24, 2.45) is 5.92 Å². The Kier molecular flexibility index (Phi) is 4.43. The highest BCUT2D eigenvalue weighted by Gasteiger charge is 2.39. The summed E-state index contributed by atoms with van der Waals surface area (Å²) in [5.41, 5.74) is 0. The van der Waals surface area contributed by atoms with Crippen LogP contribution in [0, 0.1) is 5.92 Å².